The van der Waals surface area contributed by atoms with E-state index in [1.54, 1.807) is 4.90 Å². The number of carbonyl (C=O) groups excluding carboxylic acids is 1. The lowest BCUT2D eigenvalue weighted by atomic mass is 9.92. The minimum absolute atomic E-state index is 0.00752. The Morgan fingerprint density at radius 3 is 2.71 bits per heavy atom. The molecule has 0 saturated carbocycles. The van der Waals surface area contributed by atoms with Crippen molar-refractivity contribution in [2.45, 2.75) is 39.5 Å². The van der Waals surface area contributed by atoms with Gasteiger partial charge in [0, 0.05) is 5.41 Å². The lowest BCUT2D eigenvalue weighted by Crippen LogP contribution is -2.50. The Hall–Kier alpha value is -2.60. The van der Waals surface area contributed by atoms with E-state index in [4.69, 9.17) is 9.47 Å². The van der Waals surface area contributed by atoms with E-state index >= 15 is 0 Å². The first-order valence-electron chi connectivity index (χ1n) is 9.44. The molecule has 3 rings (SSSR count). The van der Waals surface area contributed by atoms with E-state index in [1.165, 1.54) is 6.08 Å². The molecule has 1 aromatic rings. The van der Waals surface area contributed by atoms with Gasteiger partial charge in [-0.1, -0.05) is 45.5 Å². The lowest BCUT2D eigenvalue weighted by molar-refractivity contribution is -0.139. The quantitative estimate of drug-likeness (QED) is 0.602. The Kier molecular flexibility index (Phi) is 5.35. The number of amides is 1. The first-order valence-corrected chi connectivity index (χ1v) is 9.44. The SMILES string of the molecule is C=CC(=NCCOc1ccccc1)C1=C(O)[C@]2(C)CO[C@@H](C(C)(C)C)N2C1=O. The smallest absolute Gasteiger partial charge is 0.262 e. The summed E-state index contributed by atoms with van der Waals surface area (Å²) in [4.78, 5) is 19.3. The number of aliphatic hydroxyl groups excluding tert-OH is 1. The third-order valence-corrected chi connectivity index (χ3v) is 5.04. The molecule has 0 unspecified atom stereocenters. The molecule has 0 radical (unpaired) electrons. The number of fused-ring (bicyclic) bond motifs is 1. The van der Waals surface area contributed by atoms with Crippen LogP contribution in [0.15, 0.2) is 59.3 Å². The predicted molar refractivity (Wildman–Crippen MR) is 109 cm³/mol. The average Bonchev–Trinajstić information content (AvgIpc) is 3.10. The number of rotatable bonds is 6. The Balaban J connectivity index is 1.79. The zero-order valence-electron chi connectivity index (χ0n) is 16.9. The molecule has 1 N–H and O–H groups in total. The minimum atomic E-state index is -0.880. The molecule has 1 saturated heterocycles. The normalized spacial score (nSPS) is 25.3. The van der Waals surface area contributed by atoms with Crippen LogP contribution in [0.5, 0.6) is 5.75 Å². The molecular formula is C22H28N2O4. The highest BCUT2D eigenvalue weighted by atomic mass is 16.5. The standard InChI is InChI=1S/C22H28N2O4/c1-6-16(23-12-13-27-15-10-8-7-9-11-15)17-18(25)22(5)14-28-20(21(2,3)4)24(22)19(17)26/h6-11,20,25H,1,12-14H2,2-5H3/t20-,22-/m0/s1. The van der Waals surface area contributed by atoms with Gasteiger partial charge in [0.25, 0.3) is 5.91 Å². The molecule has 2 aliphatic heterocycles. The van der Waals surface area contributed by atoms with Gasteiger partial charge in [-0.2, -0.15) is 0 Å². The van der Waals surface area contributed by atoms with Crippen molar-refractivity contribution >= 4 is 11.6 Å². The Labute approximate surface area is 166 Å². The predicted octanol–water partition coefficient (Wildman–Crippen LogP) is 3.51. The number of hydrogen-bond donors (Lipinski definition) is 1. The first-order chi connectivity index (χ1) is 13.2. The van der Waals surface area contributed by atoms with Gasteiger partial charge in [0.05, 0.1) is 18.9 Å². The van der Waals surface area contributed by atoms with Gasteiger partial charge < -0.3 is 14.6 Å². The largest absolute Gasteiger partial charge is 0.509 e. The highest BCUT2D eigenvalue weighted by Crippen LogP contribution is 2.45. The molecule has 0 aromatic heterocycles. The van der Waals surface area contributed by atoms with Gasteiger partial charge in [-0.05, 0) is 25.1 Å². The van der Waals surface area contributed by atoms with Gasteiger partial charge in [0.2, 0.25) is 0 Å². The zero-order valence-corrected chi connectivity index (χ0v) is 16.9. The molecule has 1 fully saturated rings. The fraction of sp³-hybridized carbons (Fsp3) is 0.455. The van der Waals surface area contributed by atoms with E-state index in [0.717, 1.165) is 5.75 Å². The fourth-order valence-electron chi connectivity index (χ4n) is 3.61. The second kappa shape index (κ2) is 7.43. The molecule has 2 atom stereocenters. The Bertz CT molecular complexity index is 823. The summed E-state index contributed by atoms with van der Waals surface area (Å²) in [5.74, 6) is 0.474. The molecule has 6 nitrogen and oxygen atoms in total. The molecule has 1 aromatic carbocycles. The second-order valence-electron chi connectivity index (χ2n) is 8.33. The molecule has 1 amide bonds. The van der Waals surface area contributed by atoms with Crippen molar-refractivity contribution < 1.29 is 19.4 Å². The van der Waals surface area contributed by atoms with Crippen LogP contribution in [-0.2, 0) is 9.53 Å². The van der Waals surface area contributed by atoms with Crippen LogP contribution < -0.4 is 4.74 Å². The summed E-state index contributed by atoms with van der Waals surface area (Å²) in [5, 5.41) is 10.9. The van der Waals surface area contributed by atoms with Crippen molar-refractivity contribution in [2.24, 2.45) is 10.4 Å². The van der Waals surface area contributed by atoms with Crippen LogP contribution in [0.4, 0.5) is 0 Å². The third-order valence-electron chi connectivity index (χ3n) is 5.04. The second-order valence-corrected chi connectivity index (χ2v) is 8.33. The summed E-state index contributed by atoms with van der Waals surface area (Å²) in [6.45, 7) is 12.6. The maximum Gasteiger partial charge on any atom is 0.262 e. The monoisotopic (exact) mass is 384 g/mol. The topological polar surface area (TPSA) is 71.4 Å². The van der Waals surface area contributed by atoms with Crippen LogP contribution in [0.3, 0.4) is 0 Å². The number of aliphatic hydroxyl groups is 1. The fourth-order valence-corrected chi connectivity index (χ4v) is 3.61. The van der Waals surface area contributed by atoms with Gasteiger partial charge in [-0.25, -0.2) is 0 Å². The molecule has 28 heavy (non-hydrogen) atoms. The summed E-state index contributed by atoms with van der Waals surface area (Å²) < 4.78 is 11.5. The van der Waals surface area contributed by atoms with Gasteiger partial charge in [-0.3, -0.25) is 14.7 Å². The summed E-state index contributed by atoms with van der Waals surface area (Å²) in [7, 11) is 0. The molecule has 2 heterocycles. The molecule has 0 aliphatic carbocycles. The van der Waals surface area contributed by atoms with E-state index < -0.39 is 11.8 Å². The molecule has 6 heteroatoms. The Morgan fingerprint density at radius 2 is 2.11 bits per heavy atom. The van der Waals surface area contributed by atoms with E-state index in [-0.39, 0.29) is 29.3 Å². The van der Waals surface area contributed by atoms with Crippen molar-refractivity contribution in [2.75, 3.05) is 19.8 Å². The zero-order chi connectivity index (χ0) is 20.5. The van der Waals surface area contributed by atoms with Crippen LogP contribution in [0, 0.1) is 5.41 Å². The van der Waals surface area contributed by atoms with Gasteiger partial charge in [0.1, 0.15) is 35.5 Å². The number of benzene rings is 1. The first kappa shape index (κ1) is 20.1. The number of carbonyl (C=O) groups is 1. The van der Waals surface area contributed by atoms with E-state index in [9.17, 15) is 9.90 Å². The van der Waals surface area contributed by atoms with Crippen LogP contribution in [-0.4, -0.2) is 53.2 Å². The minimum Gasteiger partial charge on any atom is -0.509 e. The Morgan fingerprint density at radius 1 is 1.43 bits per heavy atom. The highest BCUT2D eigenvalue weighted by Gasteiger charge is 2.59. The highest BCUT2D eigenvalue weighted by molar-refractivity contribution is 6.27. The lowest BCUT2D eigenvalue weighted by Gasteiger charge is -2.36. The van der Waals surface area contributed by atoms with E-state index in [1.807, 2.05) is 58.0 Å². The molecule has 2 aliphatic rings. The third kappa shape index (κ3) is 3.44. The molecule has 0 spiro atoms. The number of nitrogens with zero attached hydrogens (tertiary/aromatic N) is 2. The van der Waals surface area contributed by atoms with Gasteiger partial charge in [-0.15, -0.1) is 0 Å². The number of hydrogen-bond acceptors (Lipinski definition) is 5. The maximum absolute atomic E-state index is 13.2. The average molecular weight is 384 g/mol. The summed E-state index contributed by atoms with van der Waals surface area (Å²) in [5.41, 5.74) is -0.579. The van der Waals surface area contributed by atoms with Crippen molar-refractivity contribution in [1.29, 1.82) is 0 Å². The van der Waals surface area contributed by atoms with Crippen molar-refractivity contribution in [3.8, 4) is 5.75 Å². The summed E-state index contributed by atoms with van der Waals surface area (Å²) in [6.07, 6.45) is 1.09. The number of para-hydroxylation sites is 1. The number of allylic oxidation sites excluding steroid dienone is 1. The number of ether oxygens (including phenoxy) is 2. The van der Waals surface area contributed by atoms with Crippen LogP contribution >= 0.6 is 0 Å². The maximum atomic E-state index is 13.2. The van der Waals surface area contributed by atoms with Gasteiger partial charge in [0.15, 0.2) is 0 Å². The summed E-state index contributed by atoms with van der Waals surface area (Å²) >= 11 is 0. The van der Waals surface area contributed by atoms with E-state index in [2.05, 4.69) is 11.6 Å². The number of aliphatic imine (C=N–C) groups is 1. The van der Waals surface area contributed by atoms with Crippen LogP contribution in [0.25, 0.3) is 0 Å². The van der Waals surface area contributed by atoms with Crippen molar-refractivity contribution in [1.82, 2.24) is 4.90 Å². The molecule has 0 bridgehead atoms. The summed E-state index contributed by atoms with van der Waals surface area (Å²) in [6, 6.07) is 9.46. The molecular weight excluding hydrogens is 356 g/mol. The van der Waals surface area contributed by atoms with Crippen LogP contribution in [0.2, 0.25) is 0 Å². The van der Waals surface area contributed by atoms with Crippen molar-refractivity contribution in [3.05, 3.63) is 54.3 Å². The van der Waals surface area contributed by atoms with Gasteiger partial charge >= 0.3 is 0 Å². The molecule has 150 valence electrons. The van der Waals surface area contributed by atoms with E-state index in [0.29, 0.717) is 18.9 Å². The van der Waals surface area contributed by atoms with Crippen LogP contribution in [0.1, 0.15) is 27.7 Å². The van der Waals surface area contributed by atoms with Crippen molar-refractivity contribution in [3.63, 3.8) is 0 Å².